The van der Waals surface area contributed by atoms with Crippen molar-refractivity contribution >= 4 is 5.82 Å². The molecular formula is C20H24N6O. The van der Waals surface area contributed by atoms with Gasteiger partial charge in [-0.15, -0.1) is 0 Å². The van der Waals surface area contributed by atoms with E-state index in [1.165, 1.54) is 5.56 Å². The summed E-state index contributed by atoms with van der Waals surface area (Å²) < 4.78 is 7.11. The lowest BCUT2D eigenvalue weighted by molar-refractivity contribution is 0.249. The third kappa shape index (κ3) is 4.09. The maximum Gasteiger partial charge on any atom is 0.158 e. The Kier molecular flexibility index (Phi) is 5.02. The van der Waals surface area contributed by atoms with Crippen LogP contribution in [-0.2, 0) is 6.54 Å². The molecule has 1 aliphatic rings. The van der Waals surface area contributed by atoms with Gasteiger partial charge in [-0.3, -0.25) is 4.90 Å². The minimum atomic E-state index is 0.798. The highest BCUT2D eigenvalue weighted by molar-refractivity contribution is 5.43. The van der Waals surface area contributed by atoms with Crippen molar-refractivity contribution in [2.45, 2.75) is 13.5 Å². The van der Waals surface area contributed by atoms with Crippen LogP contribution in [-0.4, -0.2) is 57.9 Å². The first-order valence-electron chi connectivity index (χ1n) is 9.16. The second kappa shape index (κ2) is 7.75. The lowest BCUT2D eigenvalue weighted by Crippen LogP contribution is -2.46. The van der Waals surface area contributed by atoms with Crippen LogP contribution >= 0.6 is 0 Å². The van der Waals surface area contributed by atoms with E-state index in [-0.39, 0.29) is 0 Å². The molecule has 0 saturated carbocycles. The van der Waals surface area contributed by atoms with E-state index in [0.29, 0.717) is 0 Å². The number of aryl methyl sites for hydroxylation is 1. The standard InChI is InChI=1S/C20H24N6O/c1-16-6-7-26(23-16)20-13-19(21-15-22-20)25-10-8-24(9-11-25)14-17-4-3-5-18(12-17)27-2/h3-7,12-13,15H,8-11,14H2,1-2H3. The highest BCUT2D eigenvalue weighted by atomic mass is 16.5. The van der Waals surface area contributed by atoms with Gasteiger partial charge in [0.1, 0.15) is 17.9 Å². The Hall–Kier alpha value is -2.93. The Morgan fingerprint density at radius 2 is 1.81 bits per heavy atom. The molecule has 27 heavy (non-hydrogen) atoms. The van der Waals surface area contributed by atoms with Crippen molar-refractivity contribution in [3.8, 4) is 11.6 Å². The predicted octanol–water partition coefficient (Wildman–Crippen LogP) is 2.30. The molecule has 1 aliphatic heterocycles. The topological polar surface area (TPSA) is 59.3 Å². The minimum Gasteiger partial charge on any atom is -0.497 e. The van der Waals surface area contributed by atoms with E-state index in [2.05, 4.69) is 37.0 Å². The van der Waals surface area contributed by atoms with Crippen LogP contribution in [0.15, 0.2) is 48.9 Å². The molecule has 1 saturated heterocycles. The van der Waals surface area contributed by atoms with Crippen LogP contribution in [0, 0.1) is 6.92 Å². The molecule has 4 rings (SSSR count). The zero-order valence-corrected chi connectivity index (χ0v) is 15.7. The van der Waals surface area contributed by atoms with E-state index in [1.54, 1.807) is 18.1 Å². The molecule has 7 heteroatoms. The second-order valence-corrected chi connectivity index (χ2v) is 6.75. The first-order chi connectivity index (χ1) is 13.2. The van der Waals surface area contributed by atoms with E-state index in [9.17, 15) is 0 Å². The first-order valence-corrected chi connectivity index (χ1v) is 9.16. The lowest BCUT2D eigenvalue weighted by Gasteiger charge is -2.35. The predicted molar refractivity (Wildman–Crippen MR) is 104 cm³/mol. The first kappa shape index (κ1) is 17.5. The van der Waals surface area contributed by atoms with Crippen molar-refractivity contribution in [2.75, 3.05) is 38.2 Å². The molecule has 0 bridgehead atoms. The van der Waals surface area contributed by atoms with Crippen molar-refractivity contribution in [3.05, 3.63) is 60.2 Å². The van der Waals surface area contributed by atoms with Crippen molar-refractivity contribution in [1.82, 2.24) is 24.6 Å². The van der Waals surface area contributed by atoms with Crippen LogP contribution in [0.4, 0.5) is 5.82 Å². The number of rotatable bonds is 5. The molecule has 0 unspecified atom stereocenters. The molecule has 0 aliphatic carbocycles. The Labute approximate surface area is 159 Å². The van der Waals surface area contributed by atoms with Crippen molar-refractivity contribution < 1.29 is 4.74 Å². The summed E-state index contributed by atoms with van der Waals surface area (Å²) in [5.74, 6) is 2.66. The van der Waals surface area contributed by atoms with Gasteiger partial charge < -0.3 is 9.64 Å². The van der Waals surface area contributed by atoms with Gasteiger partial charge in [0.15, 0.2) is 5.82 Å². The summed E-state index contributed by atoms with van der Waals surface area (Å²) in [6, 6.07) is 12.3. The molecule has 3 aromatic rings. The number of nitrogens with zero attached hydrogens (tertiary/aromatic N) is 6. The summed E-state index contributed by atoms with van der Waals surface area (Å²) >= 11 is 0. The molecule has 0 radical (unpaired) electrons. The Morgan fingerprint density at radius 1 is 1.00 bits per heavy atom. The fraction of sp³-hybridized carbons (Fsp3) is 0.350. The van der Waals surface area contributed by atoms with Crippen LogP contribution in [0.25, 0.3) is 5.82 Å². The maximum atomic E-state index is 5.32. The average Bonchev–Trinajstić information content (AvgIpc) is 3.15. The molecule has 0 N–H and O–H groups in total. The average molecular weight is 364 g/mol. The van der Waals surface area contributed by atoms with Gasteiger partial charge in [0, 0.05) is 45.0 Å². The minimum absolute atomic E-state index is 0.798. The van der Waals surface area contributed by atoms with Gasteiger partial charge in [0.2, 0.25) is 0 Å². The summed E-state index contributed by atoms with van der Waals surface area (Å²) in [5.41, 5.74) is 2.25. The van der Waals surface area contributed by atoms with E-state index in [1.807, 2.05) is 37.4 Å². The van der Waals surface area contributed by atoms with Gasteiger partial charge in [0.25, 0.3) is 0 Å². The molecule has 7 nitrogen and oxygen atoms in total. The Balaban J connectivity index is 1.39. The lowest BCUT2D eigenvalue weighted by atomic mass is 10.2. The zero-order chi connectivity index (χ0) is 18.6. The molecule has 1 fully saturated rings. The SMILES string of the molecule is COc1cccc(CN2CCN(c3cc(-n4ccc(C)n4)ncn3)CC2)c1. The fourth-order valence-corrected chi connectivity index (χ4v) is 3.34. The van der Waals surface area contributed by atoms with Crippen molar-refractivity contribution in [2.24, 2.45) is 0 Å². The fourth-order valence-electron chi connectivity index (χ4n) is 3.34. The number of benzene rings is 1. The zero-order valence-electron chi connectivity index (χ0n) is 15.7. The van der Waals surface area contributed by atoms with Crippen LogP contribution in [0.3, 0.4) is 0 Å². The molecule has 0 amide bonds. The number of piperazine rings is 1. The quantitative estimate of drug-likeness (QED) is 0.692. The summed E-state index contributed by atoms with van der Waals surface area (Å²) in [7, 11) is 1.71. The van der Waals surface area contributed by atoms with Gasteiger partial charge in [-0.1, -0.05) is 12.1 Å². The maximum absolute atomic E-state index is 5.32. The van der Waals surface area contributed by atoms with Crippen molar-refractivity contribution in [3.63, 3.8) is 0 Å². The molecule has 2 aromatic heterocycles. The normalized spacial score (nSPS) is 15.1. The van der Waals surface area contributed by atoms with E-state index < -0.39 is 0 Å². The van der Waals surface area contributed by atoms with Gasteiger partial charge in [-0.05, 0) is 30.7 Å². The number of anilines is 1. The van der Waals surface area contributed by atoms with Crippen molar-refractivity contribution in [1.29, 1.82) is 0 Å². The summed E-state index contributed by atoms with van der Waals surface area (Å²) in [5, 5.41) is 4.43. The highest BCUT2D eigenvalue weighted by Gasteiger charge is 2.19. The third-order valence-electron chi connectivity index (χ3n) is 4.83. The van der Waals surface area contributed by atoms with Gasteiger partial charge in [-0.25, -0.2) is 14.6 Å². The van der Waals surface area contributed by atoms with Crippen LogP contribution in [0.2, 0.25) is 0 Å². The molecule has 0 spiro atoms. The Morgan fingerprint density at radius 3 is 2.56 bits per heavy atom. The van der Waals surface area contributed by atoms with E-state index in [0.717, 1.165) is 55.8 Å². The molecule has 3 heterocycles. The van der Waals surface area contributed by atoms with E-state index >= 15 is 0 Å². The number of hydrogen-bond acceptors (Lipinski definition) is 6. The smallest absolute Gasteiger partial charge is 0.158 e. The molecular weight excluding hydrogens is 340 g/mol. The van der Waals surface area contributed by atoms with Gasteiger partial charge in [0.05, 0.1) is 12.8 Å². The summed E-state index contributed by atoms with van der Waals surface area (Å²) in [6.07, 6.45) is 3.54. The van der Waals surface area contributed by atoms with Gasteiger partial charge >= 0.3 is 0 Å². The number of ether oxygens (including phenoxy) is 1. The number of methoxy groups -OCH3 is 1. The summed E-state index contributed by atoms with van der Waals surface area (Å²) in [4.78, 5) is 13.6. The van der Waals surface area contributed by atoms with Gasteiger partial charge in [-0.2, -0.15) is 5.10 Å². The monoisotopic (exact) mass is 364 g/mol. The third-order valence-corrected chi connectivity index (χ3v) is 4.83. The highest BCUT2D eigenvalue weighted by Crippen LogP contribution is 2.18. The van der Waals surface area contributed by atoms with Crippen LogP contribution in [0.1, 0.15) is 11.3 Å². The number of aromatic nitrogens is 4. The van der Waals surface area contributed by atoms with Crippen LogP contribution < -0.4 is 9.64 Å². The molecule has 1 aromatic carbocycles. The molecule has 0 atom stereocenters. The number of hydrogen-bond donors (Lipinski definition) is 0. The Bertz CT molecular complexity index is 901. The summed E-state index contributed by atoms with van der Waals surface area (Å²) in [6.45, 7) is 6.79. The van der Waals surface area contributed by atoms with Crippen LogP contribution in [0.5, 0.6) is 5.75 Å². The van der Waals surface area contributed by atoms with E-state index in [4.69, 9.17) is 4.74 Å². The second-order valence-electron chi connectivity index (χ2n) is 6.75. The largest absolute Gasteiger partial charge is 0.497 e. The molecule has 140 valence electrons.